The molecular weight excluding hydrogens is 402 g/mol. The third-order valence-corrected chi connectivity index (χ3v) is 5.22. The standard InChI is InChI=1S/C22H25N3O6/c1-5-22(14-9-7-6-8-10-14)20(27)25(21(28)24-22)13-18(26)23-15-11-16(29-2)19(31-4)17(12-15)30-3/h6-12H,5,13H2,1-4H3,(H,23,26)(H,24,28). The molecule has 2 aromatic rings. The van der Waals surface area contributed by atoms with Gasteiger partial charge in [-0.1, -0.05) is 37.3 Å². The Morgan fingerprint density at radius 1 is 1.03 bits per heavy atom. The highest BCUT2D eigenvalue weighted by Gasteiger charge is 2.51. The number of hydrogen-bond acceptors (Lipinski definition) is 6. The summed E-state index contributed by atoms with van der Waals surface area (Å²) in [7, 11) is 4.40. The minimum absolute atomic E-state index is 0.354. The van der Waals surface area contributed by atoms with E-state index in [2.05, 4.69) is 10.6 Å². The quantitative estimate of drug-likeness (QED) is 0.627. The van der Waals surface area contributed by atoms with Crippen LogP contribution in [0.4, 0.5) is 10.5 Å². The van der Waals surface area contributed by atoms with Gasteiger partial charge in [0.15, 0.2) is 11.5 Å². The molecule has 0 radical (unpaired) electrons. The minimum atomic E-state index is -1.19. The van der Waals surface area contributed by atoms with Gasteiger partial charge in [-0.05, 0) is 12.0 Å². The van der Waals surface area contributed by atoms with Crippen LogP contribution in [0, 0.1) is 0 Å². The average Bonchev–Trinajstić information content (AvgIpc) is 3.03. The molecule has 0 saturated carbocycles. The fraction of sp³-hybridized carbons (Fsp3) is 0.318. The molecule has 0 aliphatic carbocycles. The van der Waals surface area contributed by atoms with Crippen LogP contribution in [-0.4, -0.2) is 50.6 Å². The predicted molar refractivity (Wildman–Crippen MR) is 113 cm³/mol. The molecule has 1 unspecified atom stereocenters. The summed E-state index contributed by atoms with van der Waals surface area (Å²) in [5, 5.41) is 5.42. The lowest BCUT2D eigenvalue weighted by Crippen LogP contribution is -2.44. The first-order valence-corrected chi connectivity index (χ1v) is 9.69. The van der Waals surface area contributed by atoms with Crippen molar-refractivity contribution in [2.75, 3.05) is 33.2 Å². The van der Waals surface area contributed by atoms with E-state index in [1.54, 1.807) is 36.4 Å². The Morgan fingerprint density at radius 3 is 2.16 bits per heavy atom. The number of methoxy groups -OCH3 is 3. The van der Waals surface area contributed by atoms with Crippen molar-refractivity contribution in [2.45, 2.75) is 18.9 Å². The monoisotopic (exact) mass is 427 g/mol. The Balaban J connectivity index is 1.80. The number of urea groups is 1. The van der Waals surface area contributed by atoms with E-state index in [0.717, 1.165) is 4.90 Å². The maximum atomic E-state index is 13.1. The highest BCUT2D eigenvalue weighted by Crippen LogP contribution is 2.40. The summed E-state index contributed by atoms with van der Waals surface area (Å²) >= 11 is 0. The molecule has 164 valence electrons. The number of amides is 4. The fourth-order valence-electron chi connectivity index (χ4n) is 3.63. The topological polar surface area (TPSA) is 106 Å². The van der Waals surface area contributed by atoms with E-state index < -0.39 is 29.9 Å². The Kier molecular flexibility index (Phi) is 6.33. The number of ether oxygens (including phenoxy) is 3. The van der Waals surface area contributed by atoms with Gasteiger partial charge in [0.05, 0.1) is 21.3 Å². The summed E-state index contributed by atoms with van der Waals surface area (Å²) in [5.74, 6) is 0.0964. The molecule has 4 amide bonds. The molecule has 1 saturated heterocycles. The molecule has 0 aromatic heterocycles. The molecule has 0 spiro atoms. The largest absolute Gasteiger partial charge is 0.493 e. The molecule has 1 aliphatic rings. The van der Waals surface area contributed by atoms with E-state index in [-0.39, 0.29) is 0 Å². The zero-order valence-electron chi connectivity index (χ0n) is 17.9. The number of carbonyl (C=O) groups excluding carboxylic acids is 3. The van der Waals surface area contributed by atoms with Crippen molar-refractivity contribution >= 4 is 23.5 Å². The van der Waals surface area contributed by atoms with Gasteiger partial charge < -0.3 is 24.8 Å². The first kappa shape index (κ1) is 21.9. The molecule has 1 atom stereocenters. The van der Waals surface area contributed by atoms with E-state index in [1.807, 2.05) is 13.0 Å². The Hall–Kier alpha value is -3.75. The molecule has 1 heterocycles. The lowest BCUT2D eigenvalue weighted by atomic mass is 9.87. The number of hydrogen-bond donors (Lipinski definition) is 2. The number of anilines is 1. The zero-order chi connectivity index (χ0) is 22.6. The molecule has 2 N–H and O–H groups in total. The van der Waals surface area contributed by atoms with Gasteiger partial charge in [0.1, 0.15) is 12.1 Å². The molecule has 0 bridgehead atoms. The minimum Gasteiger partial charge on any atom is -0.493 e. The summed E-state index contributed by atoms with van der Waals surface area (Å²) < 4.78 is 15.8. The summed E-state index contributed by atoms with van der Waals surface area (Å²) in [6, 6.07) is 11.5. The van der Waals surface area contributed by atoms with Gasteiger partial charge in [-0.2, -0.15) is 0 Å². The third kappa shape index (κ3) is 3.98. The molecule has 1 aliphatic heterocycles. The molecule has 9 nitrogen and oxygen atoms in total. The summed E-state index contributed by atoms with van der Waals surface area (Å²) in [4.78, 5) is 39.3. The molecule has 1 fully saturated rings. The van der Waals surface area contributed by atoms with Crippen molar-refractivity contribution in [1.82, 2.24) is 10.2 Å². The van der Waals surface area contributed by atoms with Crippen molar-refractivity contribution < 1.29 is 28.6 Å². The molecule has 9 heteroatoms. The summed E-state index contributed by atoms with van der Waals surface area (Å²) in [6.07, 6.45) is 0.354. The van der Waals surface area contributed by atoms with Crippen LogP contribution >= 0.6 is 0 Å². The first-order chi connectivity index (χ1) is 14.9. The van der Waals surface area contributed by atoms with Crippen LogP contribution < -0.4 is 24.8 Å². The highest BCUT2D eigenvalue weighted by molar-refractivity contribution is 6.10. The fourth-order valence-corrected chi connectivity index (χ4v) is 3.63. The molecule has 3 rings (SSSR count). The van der Waals surface area contributed by atoms with Crippen LogP contribution in [0.25, 0.3) is 0 Å². The normalized spacial score (nSPS) is 17.9. The van der Waals surface area contributed by atoms with Crippen molar-refractivity contribution in [3.63, 3.8) is 0 Å². The second kappa shape index (κ2) is 8.95. The third-order valence-electron chi connectivity index (χ3n) is 5.22. The van der Waals surface area contributed by atoms with E-state index in [0.29, 0.717) is 34.9 Å². The van der Waals surface area contributed by atoms with Crippen LogP contribution in [-0.2, 0) is 15.1 Å². The number of nitrogens with zero attached hydrogens (tertiary/aromatic N) is 1. The molecular formula is C22H25N3O6. The second-order valence-electron chi connectivity index (χ2n) is 6.91. The van der Waals surface area contributed by atoms with Gasteiger partial charge in [-0.25, -0.2) is 4.79 Å². The molecule has 2 aromatic carbocycles. The number of rotatable bonds is 8. The summed E-state index contributed by atoms with van der Waals surface area (Å²) in [6.45, 7) is 1.38. The second-order valence-corrected chi connectivity index (χ2v) is 6.91. The first-order valence-electron chi connectivity index (χ1n) is 9.69. The van der Waals surface area contributed by atoms with Crippen molar-refractivity contribution in [3.05, 3.63) is 48.0 Å². The van der Waals surface area contributed by atoms with Gasteiger partial charge in [0.2, 0.25) is 11.7 Å². The van der Waals surface area contributed by atoms with Crippen LogP contribution in [0.15, 0.2) is 42.5 Å². The average molecular weight is 427 g/mol. The number of benzene rings is 2. The lowest BCUT2D eigenvalue weighted by Gasteiger charge is -2.25. The Bertz CT molecular complexity index is 969. The van der Waals surface area contributed by atoms with Crippen LogP contribution in [0.1, 0.15) is 18.9 Å². The number of nitrogens with one attached hydrogen (secondary N) is 2. The predicted octanol–water partition coefficient (Wildman–Crippen LogP) is 2.51. The van der Waals surface area contributed by atoms with E-state index >= 15 is 0 Å². The van der Waals surface area contributed by atoms with Gasteiger partial charge >= 0.3 is 6.03 Å². The Morgan fingerprint density at radius 2 is 1.65 bits per heavy atom. The van der Waals surface area contributed by atoms with E-state index in [9.17, 15) is 14.4 Å². The van der Waals surface area contributed by atoms with Crippen molar-refractivity contribution in [2.24, 2.45) is 0 Å². The zero-order valence-corrected chi connectivity index (χ0v) is 17.9. The van der Waals surface area contributed by atoms with Crippen LogP contribution in [0.5, 0.6) is 17.2 Å². The lowest BCUT2D eigenvalue weighted by molar-refractivity contribution is -0.134. The van der Waals surface area contributed by atoms with Crippen molar-refractivity contribution in [3.8, 4) is 17.2 Å². The highest BCUT2D eigenvalue weighted by atomic mass is 16.5. The number of imide groups is 1. The van der Waals surface area contributed by atoms with Crippen LogP contribution in [0.3, 0.4) is 0 Å². The molecule has 31 heavy (non-hydrogen) atoms. The van der Waals surface area contributed by atoms with Gasteiger partial charge in [0.25, 0.3) is 5.91 Å². The van der Waals surface area contributed by atoms with Crippen LogP contribution in [0.2, 0.25) is 0 Å². The SMILES string of the molecule is CCC1(c2ccccc2)NC(=O)N(CC(=O)Nc2cc(OC)c(OC)c(OC)c2)C1=O. The van der Waals surface area contributed by atoms with Crippen molar-refractivity contribution in [1.29, 1.82) is 0 Å². The van der Waals surface area contributed by atoms with E-state index in [4.69, 9.17) is 14.2 Å². The van der Waals surface area contributed by atoms with E-state index in [1.165, 1.54) is 21.3 Å². The Labute approximate surface area is 180 Å². The smallest absolute Gasteiger partial charge is 0.325 e. The maximum absolute atomic E-state index is 13.1. The summed E-state index contributed by atoms with van der Waals surface area (Å²) in [5.41, 5.74) is -0.148. The van der Waals surface area contributed by atoms with Gasteiger partial charge in [-0.3, -0.25) is 14.5 Å². The van der Waals surface area contributed by atoms with Gasteiger partial charge in [-0.15, -0.1) is 0 Å². The maximum Gasteiger partial charge on any atom is 0.325 e. The van der Waals surface area contributed by atoms with Gasteiger partial charge in [0, 0.05) is 17.8 Å². The number of carbonyl (C=O) groups is 3.